The van der Waals surface area contributed by atoms with E-state index >= 15 is 0 Å². The Bertz CT molecular complexity index is 1550. The van der Waals surface area contributed by atoms with E-state index in [0.717, 1.165) is 24.2 Å². The van der Waals surface area contributed by atoms with Crippen LogP contribution in [0.2, 0.25) is 0 Å². The fourth-order valence-corrected chi connectivity index (χ4v) is 5.00. The second kappa shape index (κ2) is 9.36. The first-order chi connectivity index (χ1) is 17.5. The van der Waals surface area contributed by atoms with E-state index in [9.17, 15) is 26.0 Å². The Kier molecular flexibility index (Phi) is 6.34. The van der Waals surface area contributed by atoms with Crippen LogP contribution in [0.1, 0.15) is 35.6 Å². The van der Waals surface area contributed by atoms with E-state index in [-0.39, 0.29) is 29.0 Å². The monoisotopic (exact) mass is 534 g/mol. The van der Waals surface area contributed by atoms with Crippen molar-refractivity contribution in [2.45, 2.75) is 36.4 Å². The molecule has 0 saturated carbocycles. The summed E-state index contributed by atoms with van der Waals surface area (Å²) in [6.07, 6.45) is 4.12. The quantitative estimate of drug-likeness (QED) is 0.354. The molecule has 1 aliphatic rings. The molecule has 0 radical (unpaired) electrons. The van der Waals surface area contributed by atoms with Gasteiger partial charge in [-0.1, -0.05) is 0 Å². The minimum atomic E-state index is -4.48. The van der Waals surface area contributed by atoms with Crippen molar-refractivity contribution < 1.29 is 26.0 Å². The van der Waals surface area contributed by atoms with Crippen molar-refractivity contribution in [2.24, 2.45) is 0 Å². The molecule has 37 heavy (non-hydrogen) atoms. The Hall–Kier alpha value is -3.61. The molecule has 8 nitrogen and oxygen atoms in total. The van der Waals surface area contributed by atoms with Crippen LogP contribution in [-0.4, -0.2) is 52.3 Å². The number of alkyl halides is 3. The fraction of sp³-hybridized carbons (Fsp3) is 0.333. The van der Waals surface area contributed by atoms with Gasteiger partial charge in [-0.25, -0.2) is 27.8 Å². The van der Waals surface area contributed by atoms with Crippen LogP contribution in [0.5, 0.6) is 0 Å². The van der Waals surface area contributed by atoms with Crippen molar-refractivity contribution in [3.05, 3.63) is 71.8 Å². The predicted molar refractivity (Wildman–Crippen MR) is 127 cm³/mol. The lowest BCUT2D eigenvalue weighted by Crippen LogP contribution is -2.34. The Morgan fingerprint density at radius 1 is 1.00 bits per heavy atom. The van der Waals surface area contributed by atoms with Gasteiger partial charge in [-0.05, 0) is 42.5 Å². The van der Waals surface area contributed by atoms with E-state index in [1.165, 1.54) is 18.3 Å². The molecule has 1 fully saturated rings. The predicted octanol–water partition coefficient (Wildman–Crippen LogP) is 4.22. The second-order valence-electron chi connectivity index (χ2n) is 9.03. The highest BCUT2D eigenvalue weighted by Gasteiger charge is 2.32. The van der Waals surface area contributed by atoms with Crippen molar-refractivity contribution >= 4 is 26.8 Å². The Morgan fingerprint density at radius 3 is 2.32 bits per heavy atom. The van der Waals surface area contributed by atoms with E-state index < -0.39 is 27.4 Å². The molecule has 4 aromatic heterocycles. The third kappa shape index (κ3) is 5.26. The summed E-state index contributed by atoms with van der Waals surface area (Å²) in [6.45, 7) is 1.18. The number of halogens is 4. The van der Waals surface area contributed by atoms with Crippen molar-refractivity contribution in [2.75, 3.05) is 24.2 Å². The first-order valence-electron chi connectivity index (χ1n) is 11.4. The minimum absolute atomic E-state index is 0.0465. The number of aromatic nitrogens is 5. The van der Waals surface area contributed by atoms with E-state index in [0.29, 0.717) is 37.0 Å². The highest BCUT2D eigenvalue weighted by molar-refractivity contribution is 7.90. The average Bonchev–Trinajstić information content (AvgIpc) is 3.26. The summed E-state index contributed by atoms with van der Waals surface area (Å²) >= 11 is 0. The van der Waals surface area contributed by atoms with Crippen LogP contribution in [-0.2, 0) is 22.6 Å². The number of pyridine rings is 2. The van der Waals surface area contributed by atoms with Crippen LogP contribution >= 0.6 is 0 Å². The SMILES string of the molecule is CS(=O)(=O)c1cnc2c(ccn2Cc2ncc(C3CCN(c4ncc(C(F)(F)F)cn4)CC3)cc2F)c1. The molecular formula is C24H22F4N6O2S. The largest absolute Gasteiger partial charge is 0.419 e. The number of piperidine rings is 1. The van der Waals surface area contributed by atoms with Gasteiger partial charge in [-0.3, -0.25) is 4.98 Å². The average molecular weight is 535 g/mol. The molecule has 0 bridgehead atoms. The zero-order valence-electron chi connectivity index (χ0n) is 19.7. The van der Waals surface area contributed by atoms with Crippen molar-refractivity contribution in [1.29, 1.82) is 0 Å². The van der Waals surface area contributed by atoms with Gasteiger partial charge < -0.3 is 9.47 Å². The maximum atomic E-state index is 15.0. The first-order valence-corrected chi connectivity index (χ1v) is 13.3. The summed E-state index contributed by atoms with van der Waals surface area (Å²) in [5.74, 6) is -0.173. The van der Waals surface area contributed by atoms with Crippen molar-refractivity contribution in [1.82, 2.24) is 24.5 Å². The van der Waals surface area contributed by atoms with Crippen LogP contribution in [0.25, 0.3) is 11.0 Å². The van der Waals surface area contributed by atoms with Gasteiger partial charge in [0.25, 0.3) is 0 Å². The minimum Gasteiger partial charge on any atom is -0.341 e. The highest BCUT2D eigenvalue weighted by Crippen LogP contribution is 2.32. The number of anilines is 1. The van der Waals surface area contributed by atoms with Crippen LogP contribution in [0.15, 0.2) is 54.1 Å². The number of nitrogens with zero attached hydrogens (tertiary/aromatic N) is 6. The molecular weight excluding hydrogens is 512 g/mol. The van der Waals surface area contributed by atoms with Gasteiger partial charge in [0.15, 0.2) is 9.84 Å². The summed E-state index contributed by atoms with van der Waals surface area (Å²) in [5.41, 5.74) is 0.610. The molecule has 0 unspecified atom stereocenters. The summed E-state index contributed by atoms with van der Waals surface area (Å²) in [6, 6.07) is 4.72. The molecule has 0 aliphatic carbocycles. The van der Waals surface area contributed by atoms with E-state index in [2.05, 4.69) is 19.9 Å². The highest BCUT2D eigenvalue weighted by atomic mass is 32.2. The molecule has 5 rings (SSSR count). The number of hydrogen-bond acceptors (Lipinski definition) is 7. The lowest BCUT2D eigenvalue weighted by molar-refractivity contribution is -0.138. The smallest absolute Gasteiger partial charge is 0.341 e. The third-order valence-corrected chi connectivity index (χ3v) is 7.56. The molecule has 0 spiro atoms. The molecule has 194 valence electrons. The van der Waals surface area contributed by atoms with Crippen LogP contribution in [0.4, 0.5) is 23.5 Å². The fourth-order valence-electron chi connectivity index (χ4n) is 4.41. The van der Waals surface area contributed by atoms with Gasteiger partial charge in [-0.2, -0.15) is 13.2 Å². The number of fused-ring (bicyclic) bond motifs is 1. The number of hydrogen-bond donors (Lipinski definition) is 0. The molecule has 1 saturated heterocycles. The molecule has 0 aromatic carbocycles. The molecule has 0 N–H and O–H groups in total. The Balaban J connectivity index is 1.25. The maximum absolute atomic E-state index is 15.0. The van der Waals surface area contributed by atoms with Gasteiger partial charge in [0.1, 0.15) is 11.5 Å². The molecule has 1 aliphatic heterocycles. The maximum Gasteiger partial charge on any atom is 0.419 e. The molecule has 0 amide bonds. The molecule has 0 atom stereocenters. The lowest BCUT2D eigenvalue weighted by atomic mass is 9.90. The summed E-state index contributed by atoms with van der Waals surface area (Å²) < 4.78 is 78.4. The second-order valence-corrected chi connectivity index (χ2v) is 11.0. The number of rotatable bonds is 5. The summed E-state index contributed by atoms with van der Waals surface area (Å²) in [7, 11) is -3.39. The van der Waals surface area contributed by atoms with Gasteiger partial charge in [-0.15, -0.1) is 0 Å². The van der Waals surface area contributed by atoms with Crippen LogP contribution in [0, 0.1) is 5.82 Å². The normalized spacial score (nSPS) is 15.4. The Morgan fingerprint density at radius 2 is 1.70 bits per heavy atom. The zero-order chi connectivity index (χ0) is 26.4. The van der Waals surface area contributed by atoms with Gasteiger partial charge in [0, 0.05) is 55.7 Å². The van der Waals surface area contributed by atoms with Crippen LogP contribution < -0.4 is 4.90 Å². The summed E-state index contributed by atoms with van der Waals surface area (Å²) in [5, 5.41) is 0.628. The van der Waals surface area contributed by atoms with E-state index in [1.54, 1.807) is 23.0 Å². The van der Waals surface area contributed by atoms with Gasteiger partial charge in [0.2, 0.25) is 5.95 Å². The van der Waals surface area contributed by atoms with Gasteiger partial charge in [0.05, 0.1) is 22.7 Å². The third-order valence-electron chi connectivity index (χ3n) is 6.48. The Labute approximate surface area is 209 Å². The van der Waals surface area contributed by atoms with Crippen LogP contribution in [0.3, 0.4) is 0 Å². The standard InChI is InChI=1S/C24H22F4N6O2S/c1-37(35,36)19-8-16-4-7-34(22(16)30-13-19)14-21-20(25)9-17(10-29-21)15-2-5-33(6-3-15)23-31-11-18(12-32-23)24(26,27)28/h4,7-13,15H,2-3,5-6,14H2,1H3. The first kappa shape index (κ1) is 25.1. The van der Waals surface area contributed by atoms with Gasteiger partial charge >= 0.3 is 6.18 Å². The van der Waals surface area contributed by atoms with Crippen molar-refractivity contribution in [3.8, 4) is 0 Å². The number of sulfone groups is 1. The molecule has 13 heteroatoms. The zero-order valence-corrected chi connectivity index (χ0v) is 20.5. The van der Waals surface area contributed by atoms with E-state index in [1.807, 2.05) is 4.90 Å². The lowest BCUT2D eigenvalue weighted by Gasteiger charge is -2.32. The van der Waals surface area contributed by atoms with E-state index in [4.69, 9.17) is 0 Å². The topological polar surface area (TPSA) is 93.9 Å². The molecule has 5 heterocycles. The summed E-state index contributed by atoms with van der Waals surface area (Å²) in [4.78, 5) is 18.2. The molecule has 4 aromatic rings. The van der Waals surface area contributed by atoms with Crippen molar-refractivity contribution in [3.63, 3.8) is 0 Å².